The van der Waals surface area contributed by atoms with Crippen molar-refractivity contribution in [3.63, 3.8) is 0 Å². The standard InChI is InChI=1S/C47H34F12N2O3.C33H25F9N2O4.CH4/c1-28-12-14-31(15-13-28)42(26-29-8-4-2-5-9-29,33-20-35(45(51,52)53)24-38(49)22-33)60-40(62)44(64,47(57,58)59)41(63)61-43(27-30-10-6-3-7-11-30,32-16-18-37(48)19-17-32)34-21-36(46(54,55)56)25-39(50)23-34;34-24-13-11-22(12-14-24)31(18-20-7-3-1-4-8-20,23-15-25(35)17-26(16-23)48-33(41,42)29(36)37)44-28(45)27(32(38,39)40)43-30(46)47-19-21-9-5-2-6-10-21;/h2-25,64H,26-27H2,1H3,(H,60,62)(H,61,63);1-17,27,29H,18-19H2,(H,43,46)(H,44,45);1H4/t42-,43-,44?;27?,31-;/m11./s1. The van der Waals surface area contributed by atoms with Crippen molar-refractivity contribution in [1.82, 2.24) is 21.3 Å². The van der Waals surface area contributed by atoms with Crippen molar-refractivity contribution in [2.24, 2.45) is 0 Å². The average Bonchev–Trinajstić information content (AvgIpc) is 0.735. The number of aryl methyl sites for hydroxylation is 1. The quantitative estimate of drug-likeness (QED) is 0.0298. The topological polar surface area (TPSA) is 155 Å². The van der Waals surface area contributed by atoms with Crippen molar-refractivity contribution in [3.8, 4) is 5.75 Å². The second kappa shape index (κ2) is 34.8. The third kappa shape index (κ3) is 20.9. The maximum absolute atomic E-state index is 15.7. The summed E-state index contributed by atoms with van der Waals surface area (Å²) in [4.78, 5) is 55.2. The van der Waals surface area contributed by atoms with Crippen molar-refractivity contribution >= 4 is 23.8 Å². The monoisotopic (exact) mass is 1600 g/mol. The molecule has 0 aliphatic rings. The van der Waals surface area contributed by atoms with Crippen LogP contribution in [0.2, 0.25) is 0 Å². The van der Waals surface area contributed by atoms with Crippen molar-refractivity contribution in [1.29, 1.82) is 0 Å². The molecule has 0 aliphatic carbocycles. The minimum atomic E-state index is -6.35. The Bertz CT molecular complexity index is 4740. The van der Waals surface area contributed by atoms with Gasteiger partial charge in [-0.15, -0.1) is 0 Å². The molecule has 11 nitrogen and oxygen atoms in total. The number of amides is 4. The zero-order valence-electron chi connectivity index (χ0n) is 57.5. The van der Waals surface area contributed by atoms with Gasteiger partial charge in [0.05, 0.1) is 27.7 Å². The SMILES string of the molecule is C.Cc1ccc([C@@](Cc2ccccc2)(NC(=O)C(O)(C(=O)N[C@](Cc2ccccc2)(c2ccc(F)cc2)c2cc(F)cc(C(F)(F)F)c2)C(F)(F)F)c2cc(F)cc(C(F)(F)F)c2)cc1.O=C(NC(C(=O)N[C@](Cc1ccccc1)(c1ccc(F)cc1)c1cc(F)cc(OC(F)(F)C(F)F)c1)C(F)(F)F)OCc1ccccc1. The van der Waals surface area contributed by atoms with Crippen LogP contribution in [-0.4, -0.2) is 65.5 Å². The Morgan fingerprint density at radius 2 is 0.717 bits per heavy atom. The zero-order valence-corrected chi connectivity index (χ0v) is 57.5. The number of halogens is 21. The van der Waals surface area contributed by atoms with E-state index in [1.165, 1.54) is 127 Å². The van der Waals surface area contributed by atoms with Gasteiger partial charge in [0, 0.05) is 25.3 Å². The Balaban J connectivity index is 0.000000292. The van der Waals surface area contributed by atoms with Gasteiger partial charge in [-0.3, -0.25) is 14.4 Å². The molecule has 113 heavy (non-hydrogen) atoms. The summed E-state index contributed by atoms with van der Waals surface area (Å²) in [6, 6.07) is 41.9. The Kier molecular flexibility index (Phi) is 26.7. The van der Waals surface area contributed by atoms with Gasteiger partial charge in [0.2, 0.25) is 6.04 Å². The highest BCUT2D eigenvalue weighted by atomic mass is 19.4. The van der Waals surface area contributed by atoms with Gasteiger partial charge in [-0.05, 0) is 135 Å². The number of alkyl halides is 16. The molecule has 0 heterocycles. The van der Waals surface area contributed by atoms with Crippen LogP contribution in [0.1, 0.15) is 79.8 Å². The highest BCUT2D eigenvalue weighted by molar-refractivity contribution is 6.10. The zero-order chi connectivity index (χ0) is 82.0. The average molecular weight is 1600 g/mol. The molecule has 0 aromatic heterocycles. The molecule has 0 saturated carbocycles. The van der Waals surface area contributed by atoms with E-state index in [0.717, 1.165) is 48.5 Å². The molecule has 10 aromatic rings. The van der Waals surface area contributed by atoms with Gasteiger partial charge in [-0.25, -0.2) is 26.7 Å². The lowest BCUT2D eigenvalue weighted by molar-refractivity contribution is -0.253. The molecule has 0 aliphatic heterocycles. The molecule has 0 spiro atoms. The number of nitrogens with one attached hydrogen (secondary N) is 4. The number of carbonyl (C=O) groups excluding carboxylic acids is 4. The summed E-state index contributed by atoms with van der Waals surface area (Å²) in [6.07, 6.45) is -35.5. The van der Waals surface area contributed by atoms with Gasteiger partial charge < -0.3 is 35.8 Å². The lowest BCUT2D eigenvalue weighted by Gasteiger charge is -2.42. The van der Waals surface area contributed by atoms with E-state index in [0.29, 0.717) is 53.6 Å². The molecule has 2 unspecified atom stereocenters. The van der Waals surface area contributed by atoms with Gasteiger partial charge in [0.25, 0.3) is 17.7 Å². The number of alkyl carbamates (subject to hydrolysis) is 1. The van der Waals surface area contributed by atoms with E-state index >= 15 is 22.0 Å². The van der Waals surface area contributed by atoms with Crippen LogP contribution in [0.3, 0.4) is 0 Å². The summed E-state index contributed by atoms with van der Waals surface area (Å²) in [5, 5.41) is 19.2. The van der Waals surface area contributed by atoms with Gasteiger partial charge in [0.1, 0.15) is 41.4 Å². The number of hydrogen-bond acceptors (Lipinski definition) is 7. The largest absolute Gasteiger partial charge is 0.461 e. The molecule has 0 fully saturated rings. The summed E-state index contributed by atoms with van der Waals surface area (Å²) in [5.74, 6) is -14.7. The number of hydrogen-bond donors (Lipinski definition) is 5. The van der Waals surface area contributed by atoms with Crippen LogP contribution in [0, 0.1) is 36.0 Å². The molecule has 10 rings (SSSR count). The number of rotatable bonds is 24. The smallest absolute Gasteiger partial charge is 0.445 e. The summed E-state index contributed by atoms with van der Waals surface area (Å²) in [6.45, 7) is 1.12. The van der Waals surface area contributed by atoms with E-state index in [9.17, 15) is 94.5 Å². The predicted molar refractivity (Wildman–Crippen MR) is 369 cm³/mol. The normalized spacial score (nSPS) is 14.3. The summed E-state index contributed by atoms with van der Waals surface area (Å²) in [7, 11) is 0. The van der Waals surface area contributed by atoms with Crippen LogP contribution in [0.25, 0.3) is 0 Å². The molecule has 0 radical (unpaired) electrons. The first kappa shape index (κ1) is 86.8. The lowest BCUT2D eigenvalue weighted by atomic mass is 9.75. The number of benzene rings is 10. The number of aliphatic hydroxyl groups is 1. The van der Waals surface area contributed by atoms with E-state index in [1.807, 2.05) is 10.6 Å². The van der Waals surface area contributed by atoms with E-state index in [2.05, 4.69) is 10.1 Å². The van der Waals surface area contributed by atoms with E-state index < -0.39 is 183 Å². The molecule has 0 saturated heterocycles. The Morgan fingerprint density at radius 1 is 0.389 bits per heavy atom. The van der Waals surface area contributed by atoms with Crippen LogP contribution >= 0.6 is 0 Å². The van der Waals surface area contributed by atoms with Crippen molar-refractivity contribution in [3.05, 3.63) is 350 Å². The third-order valence-electron chi connectivity index (χ3n) is 17.6. The molecular formula is C81H63F21N4O7. The van der Waals surface area contributed by atoms with Gasteiger partial charge in [-0.2, -0.15) is 70.2 Å². The molecule has 5 N–H and O–H groups in total. The third-order valence-corrected chi connectivity index (χ3v) is 17.6. The first-order valence-electron chi connectivity index (χ1n) is 32.9. The van der Waals surface area contributed by atoms with Gasteiger partial charge in [0.15, 0.2) is 0 Å². The molecule has 4 amide bonds. The fraction of sp³-hybridized carbons (Fsp3) is 0.210. The molecule has 5 atom stereocenters. The van der Waals surface area contributed by atoms with Gasteiger partial charge >= 0.3 is 48.9 Å². The number of carbonyl (C=O) groups is 4. The highest BCUT2D eigenvalue weighted by Crippen LogP contribution is 2.45. The van der Waals surface area contributed by atoms with Crippen LogP contribution in [0.5, 0.6) is 5.75 Å². The summed E-state index contributed by atoms with van der Waals surface area (Å²) < 4.78 is 312. The Hall–Kier alpha value is -11.8. The molecular weight excluding hydrogens is 1540 g/mol. The predicted octanol–water partition coefficient (Wildman–Crippen LogP) is 18.9. The van der Waals surface area contributed by atoms with Crippen LogP contribution in [0.4, 0.5) is 97.0 Å². The Morgan fingerprint density at radius 3 is 1.06 bits per heavy atom. The first-order valence-corrected chi connectivity index (χ1v) is 32.9. The molecule has 0 bridgehead atoms. The van der Waals surface area contributed by atoms with Crippen LogP contribution in [-0.2, 0) is 74.0 Å². The van der Waals surface area contributed by atoms with Crippen LogP contribution < -0.4 is 26.0 Å². The van der Waals surface area contributed by atoms with E-state index in [1.54, 1.807) is 31.2 Å². The van der Waals surface area contributed by atoms with E-state index in [4.69, 9.17) is 4.74 Å². The second-order valence-electron chi connectivity index (χ2n) is 25.5. The molecule has 32 heteroatoms. The van der Waals surface area contributed by atoms with Crippen molar-refractivity contribution < 1.29 is 126 Å². The Labute approximate surface area is 630 Å². The highest BCUT2D eigenvalue weighted by Gasteiger charge is 2.67. The minimum Gasteiger partial charge on any atom is -0.445 e. The fourth-order valence-electron chi connectivity index (χ4n) is 12.2. The maximum atomic E-state index is 15.7. The first-order chi connectivity index (χ1) is 52.5. The summed E-state index contributed by atoms with van der Waals surface area (Å²) >= 11 is 0. The maximum Gasteiger partial charge on any atom is 0.461 e. The van der Waals surface area contributed by atoms with Crippen molar-refractivity contribution in [2.45, 2.75) is 106 Å². The summed E-state index contributed by atoms with van der Waals surface area (Å²) in [5.41, 5.74) is -18.1. The van der Waals surface area contributed by atoms with Gasteiger partial charge in [-0.1, -0.05) is 183 Å². The minimum absolute atomic E-state index is 0. The second-order valence-corrected chi connectivity index (χ2v) is 25.5. The fourth-order valence-corrected chi connectivity index (χ4v) is 12.2. The lowest BCUT2D eigenvalue weighted by Crippen LogP contribution is -2.70. The molecule has 10 aromatic carbocycles. The molecule has 596 valence electrons. The van der Waals surface area contributed by atoms with Crippen LogP contribution in [0.15, 0.2) is 249 Å². The van der Waals surface area contributed by atoms with E-state index in [-0.39, 0.29) is 47.4 Å². The van der Waals surface area contributed by atoms with Crippen molar-refractivity contribution in [2.75, 3.05) is 0 Å². The number of ether oxygens (including phenoxy) is 2.